The molecule has 0 radical (unpaired) electrons. The van der Waals surface area contributed by atoms with E-state index < -0.39 is 0 Å². The molecule has 74 valence electrons. The van der Waals surface area contributed by atoms with Gasteiger partial charge < -0.3 is 5.11 Å². The molecule has 14 heavy (non-hydrogen) atoms. The van der Waals surface area contributed by atoms with Gasteiger partial charge in [0.2, 0.25) is 0 Å². The van der Waals surface area contributed by atoms with Crippen LogP contribution in [0.5, 0.6) is 5.75 Å². The average Bonchev–Trinajstić information content (AvgIpc) is 2.19. The van der Waals surface area contributed by atoms with Gasteiger partial charge in [-0.05, 0) is 48.6 Å². The number of hydrogen-bond donors (Lipinski definition) is 1. The largest absolute Gasteiger partial charge is 0.508 e. The monoisotopic (exact) mass is 189 g/mol. The van der Waals surface area contributed by atoms with Gasteiger partial charge in [0.15, 0.2) is 0 Å². The van der Waals surface area contributed by atoms with Crippen molar-refractivity contribution >= 4 is 5.71 Å². The maximum absolute atomic E-state index is 9.17. The predicted octanol–water partition coefficient (Wildman–Crippen LogP) is 2.61. The number of hydrogen-bond acceptors (Lipinski definition) is 2. The van der Waals surface area contributed by atoms with Gasteiger partial charge >= 0.3 is 0 Å². The summed E-state index contributed by atoms with van der Waals surface area (Å²) in [6.45, 7) is 3.20. The molecular weight excluding hydrogens is 174 g/mol. The Balaban J connectivity index is 2.22. The van der Waals surface area contributed by atoms with Crippen LogP contribution in [0.4, 0.5) is 0 Å². The van der Waals surface area contributed by atoms with Crippen molar-refractivity contribution < 1.29 is 5.11 Å². The summed E-state index contributed by atoms with van der Waals surface area (Å²) in [4.78, 5) is 4.51. The SMILES string of the molecule is CC1CCN=C(c2ccc(O)cc2)C1. The first-order valence-electron chi connectivity index (χ1n) is 5.08. The highest BCUT2D eigenvalue weighted by molar-refractivity contribution is 6.01. The molecule has 1 aromatic carbocycles. The van der Waals surface area contributed by atoms with Gasteiger partial charge in [-0.3, -0.25) is 4.99 Å². The van der Waals surface area contributed by atoms with Crippen molar-refractivity contribution in [3.05, 3.63) is 29.8 Å². The van der Waals surface area contributed by atoms with Gasteiger partial charge in [0.1, 0.15) is 5.75 Å². The van der Waals surface area contributed by atoms with Gasteiger partial charge in [-0.2, -0.15) is 0 Å². The van der Waals surface area contributed by atoms with Crippen molar-refractivity contribution in [2.45, 2.75) is 19.8 Å². The topological polar surface area (TPSA) is 32.6 Å². The lowest BCUT2D eigenvalue weighted by atomic mass is 9.94. The van der Waals surface area contributed by atoms with Crippen LogP contribution in [0.15, 0.2) is 29.3 Å². The highest BCUT2D eigenvalue weighted by Gasteiger charge is 2.13. The number of nitrogens with zero attached hydrogens (tertiary/aromatic N) is 1. The Morgan fingerprint density at radius 3 is 2.64 bits per heavy atom. The lowest BCUT2D eigenvalue weighted by Gasteiger charge is -2.18. The van der Waals surface area contributed by atoms with Crippen LogP contribution >= 0.6 is 0 Å². The molecular formula is C12H15NO. The van der Waals surface area contributed by atoms with Crippen LogP contribution in [0.1, 0.15) is 25.3 Å². The summed E-state index contributed by atoms with van der Waals surface area (Å²) < 4.78 is 0. The molecule has 0 spiro atoms. The molecule has 0 aliphatic carbocycles. The third kappa shape index (κ3) is 1.95. The standard InChI is InChI=1S/C12H15NO/c1-9-6-7-13-12(8-9)10-2-4-11(14)5-3-10/h2-5,9,14H,6-8H2,1H3. The number of rotatable bonds is 1. The second-order valence-corrected chi connectivity index (χ2v) is 3.97. The first kappa shape index (κ1) is 9.25. The second-order valence-electron chi connectivity index (χ2n) is 3.97. The molecule has 1 aromatic rings. The third-order valence-corrected chi connectivity index (χ3v) is 2.67. The molecule has 0 saturated heterocycles. The number of aliphatic imine (C=N–C) groups is 1. The Labute approximate surface area is 84.3 Å². The van der Waals surface area contributed by atoms with Crippen LogP contribution in [-0.2, 0) is 0 Å². The normalized spacial score (nSPS) is 21.8. The summed E-state index contributed by atoms with van der Waals surface area (Å²) in [6, 6.07) is 7.31. The highest BCUT2D eigenvalue weighted by Crippen LogP contribution is 2.20. The number of phenolic OH excluding ortho intramolecular Hbond substituents is 1. The lowest BCUT2D eigenvalue weighted by molar-refractivity contribution is 0.475. The van der Waals surface area contributed by atoms with Gasteiger partial charge in [-0.15, -0.1) is 0 Å². The van der Waals surface area contributed by atoms with E-state index in [0.717, 1.165) is 24.4 Å². The van der Waals surface area contributed by atoms with Gasteiger partial charge in [-0.25, -0.2) is 0 Å². The quantitative estimate of drug-likeness (QED) is 0.723. The van der Waals surface area contributed by atoms with Crippen molar-refractivity contribution in [2.75, 3.05) is 6.54 Å². The van der Waals surface area contributed by atoms with Crippen LogP contribution in [0, 0.1) is 5.92 Å². The van der Waals surface area contributed by atoms with Crippen LogP contribution in [0.3, 0.4) is 0 Å². The van der Waals surface area contributed by atoms with Crippen molar-refractivity contribution in [3.63, 3.8) is 0 Å². The molecule has 1 aliphatic heterocycles. The zero-order valence-electron chi connectivity index (χ0n) is 8.40. The summed E-state index contributed by atoms with van der Waals surface area (Å²) in [6.07, 6.45) is 2.26. The predicted molar refractivity (Wildman–Crippen MR) is 57.9 cm³/mol. The molecule has 1 unspecified atom stereocenters. The Bertz CT molecular complexity index is 340. The van der Waals surface area contributed by atoms with E-state index in [1.807, 2.05) is 12.1 Å². The summed E-state index contributed by atoms with van der Waals surface area (Å²) in [5.41, 5.74) is 2.33. The summed E-state index contributed by atoms with van der Waals surface area (Å²) in [5, 5.41) is 9.17. The third-order valence-electron chi connectivity index (χ3n) is 2.67. The molecule has 0 saturated carbocycles. The molecule has 1 aliphatic rings. The minimum atomic E-state index is 0.318. The van der Waals surface area contributed by atoms with Crippen molar-refractivity contribution in [3.8, 4) is 5.75 Å². The molecule has 1 atom stereocenters. The first-order chi connectivity index (χ1) is 6.75. The molecule has 0 aromatic heterocycles. The minimum absolute atomic E-state index is 0.318. The van der Waals surface area contributed by atoms with E-state index in [2.05, 4.69) is 11.9 Å². The summed E-state index contributed by atoms with van der Waals surface area (Å²) in [5.74, 6) is 1.05. The van der Waals surface area contributed by atoms with Crippen LogP contribution in [0.25, 0.3) is 0 Å². The van der Waals surface area contributed by atoms with Gasteiger partial charge in [0, 0.05) is 12.3 Å². The molecule has 0 fully saturated rings. The summed E-state index contributed by atoms with van der Waals surface area (Å²) in [7, 11) is 0. The van der Waals surface area contributed by atoms with Gasteiger partial charge in [0.25, 0.3) is 0 Å². The van der Waals surface area contributed by atoms with Crippen LogP contribution < -0.4 is 0 Å². The Morgan fingerprint density at radius 2 is 2.00 bits per heavy atom. The molecule has 1 N–H and O–H groups in total. The molecule has 2 heteroatoms. The van der Waals surface area contributed by atoms with E-state index in [4.69, 9.17) is 5.11 Å². The Kier molecular flexibility index (Phi) is 2.53. The smallest absolute Gasteiger partial charge is 0.115 e. The zero-order chi connectivity index (χ0) is 9.97. The van der Waals surface area contributed by atoms with E-state index >= 15 is 0 Å². The minimum Gasteiger partial charge on any atom is -0.508 e. The second kappa shape index (κ2) is 3.82. The van der Waals surface area contributed by atoms with Crippen LogP contribution in [0.2, 0.25) is 0 Å². The van der Waals surface area contributed by atoms with E-state index in [-0.39, 0.29) is 0 Å². The fourth-order valence-electron chi connectivity index (χ4n) is 1.78. The Morgan fingerprint density at radius 1 is 1.29 bits per heavy atom. The molecule has 0 bridgehead atoms. The van der Waals surface area contributed by atoms with Gasteiger partial charge in [-0.1, -0.05) is 6.92 Å². The van der Waals surface area contributed by atoms with E-state index in [1.54, 1.807) is 12.1 Å². The fourth-order valence-corrected chi connectivity index (χ4v) is 1.78. The van der Waals surface area contributed by atoms with Crippen molar-refractivity contribution in [2.24, 2.45) is 10.9 Å². The lowest BCUT2D eigenvalue weighted by Crippen LogP contribution is -2.14. The molecule has 2 rings (SSSR count). The van der Waals surface area contributed by atoms with E-state index in [1.165, 1.54) is 12.1 Å². The van der Waals surface area contributed by atoms with E-state index in [0.29, 0.717) is 5.75 Å². The van der Waals surface area contributed by atoms with Gasteiger partial charge in [0.05, 0.1) is 0 Å². The molecule has 0 amide bonds. The maximum Gasteiger partial charge on any atom is 0.115 e. The number of phenols is 1. The zero-order valence-corrected chi connectivity index (χ0v) is 8.40. The van der Waals surface area contributed by atoms with Crippen LogP contribution in [-0.4, -0.2) is 17.4 Å². The summed E-state index contributed by atoms with van der Waals surface area (Å²) >= 11 is 0. The maximum atomic E-state index is 9.17. The van der Waals surface area contributed by atoms with E-state index in [9.17, 15) is 0 Å². The average molecular weight is 189 g/mol. The highest BCUT2D eigenvalue weighted by atomic mass is 16.3. The van der Waals surface area contributed by atoms with Crippen molar-refractivity contribution in [1.82, 2.24) is 0 Å². The Hall–Kier alpha value is -1.31. The molecule has 1 heterocycles. The fraction of sp³-hybridized carbons (Fsp3) is 0.417. The first-order valence-corrected chi connectivity index (χ1v) is 5.08. The number of benzene rings is 1. The van der Waals surface area contributed by atoms with Crippen molar-refractivity contribution in [1.29, 1.82) is 0 Å². The number of aromatic hydroxyl groups is 1. The molecule has 2 nitrogen and oxygen atoms in total.